The largest absolute Gasteiger partial charge is 0.341 e. The number of carbonyl (C=O) groups excluding carboxylic acids is 2. The number of amides is 2. The molecule has 0 unspecified atom stereocenters. The predicted molar refractivity (Wildman–Crippen MR) is 85.2 cm³/mol. The Bertz CT molecular complexity index is 640. The standard InChI is InChI=1S/C14H17N5O2S/c1-18-12(20)11(22-14(18)21)8-10-2-5-16-13(17-10)19-6-3-9(15)4-7-19/h2,5,8-9H,3-4,6-7,15H2,1H3/b11-8-. The Morgan fingerprint density at radius 2 is 2.09 bits per heavy atom. The summed E-state index contributed by atoms with van der Waals surface area (Å²) in [6, 6.07) is 1.97. The molecule has 2 fully saturated rings. The van der Waals surface area contributed by atoms with Crippen LogP contribution < -0.4 is 10.6 Å². The minimum Gasteiger partial charge on any atom is -0.341 e. The average molecular weight is 319 g/mol. The summed E-state index contributed by atoms with van der Waals surface area (Å²) in [5.74, 6) is 0.343. The fraction of sp³-hybridized carbons (Fsp3) is 0.429. The number of carbonyl (C=O) groups is 2. The minimum absolute atomic E-state index is 0.246. The van der Waals surface area contributed by atoms with Gasteiger partial charge in [-0.05, 0) is 36.7 Å². The van der Waals surface area contributed by atoms with Gasteiger partial charge in [0.05, 0.1) is 10.6 Å². The molecule has 2 amide bonds. The second-order valence-electron chi connectivity index (χ2n) is 5.35. The quantitative estimate of drug-likeness (QED) is 0.815. The highest BCUT2D eigenvalue weighted by Gasteiger charge is 2.32. The van der Waals surface area contributed by atoms with Gasteiger partial charge in [-0.15, -0.1) is 0 Å². The molecule has 1 aromatic rings. The summed E-state index contributed by atoms with van der Waals surface area (Å²) >= 11 is 0.926. The van der Waals surface area contributed by atoms with Crippen LogP contribution in [0.4, 0.5) is 10.7 Å². The SMILES string of the molecule is CN1C(=O)S/C(=C\c2ccnc(N3CCC(N)CC3)n2)C1=O. The van der Waals surface area contributed by atoms with Crippen molar-refractivity contribution in [3.63, 3.8) is 0 Å². The Labute approximate surface area is 132 Å². The van der Waals surface area contributed by atoms with Crippen LogP contribution in [0.2, 0.25) is 0 Å². The number of likely N-dealkylation sites (N-methyl/N-ethyl adjacent to an activating group) is 1. The molecule has 0 spiro atoms. The van der Waals surface area contributed by atoms with Gasteiger partial charge in [0.15, 0.2) is 0 Å². The van der Waals surface area contributed by atoms with E-state index in [2.05, 4.69) is 14.9 Å². The minimum atomic E-state index is -0.292. The Kier molecular flexibility index (Phi) is 4.12. The van der Waals surface area contributed by atoms with E-state index in [9.17, 15) is 9.59 Å². The van der Waals surface area contributed by atoms with E-state index < -0.39 is 0 Å². The summed E-state index contributed by atoms with van der Waals surface area (Å²) in [5, 5.41) is -0.268. The van der Waals surface area contributed by atoms with E-state index in [0.29, 0.717) is 16.5 Å². The first kappa shape index (κ1) is 15.0. The number of imide groups is 1. The molecule has 22 heavy (non-hydrogen) atoms. The molecule has 116 valence electrons. The molecule has 1 aromatic heterocycles. The third-order valence-corrected chi connectivity index (χ3v) is 4.71. The van der Waals surface area contributed by atoms with E-state index in [-0.39, 0.29) is 17.2 Å². The number of hydrogen-bond donors (Lipinski definition) is 1. The Hall–Kier alpha value is -1.93. The lowest BCUT2D eigenvalue weighted by atomic mass is 10.1. The predicted octanol–water partition coefficient (Wildman–Crippen LogP) is 1.07. The molecule has 2 aliphatic rings. The van der Waals surface area contributed by atoms with Crippen molar-refractivity contribution in [1.29, 1.82) is 0 Å². The van der Waals surface area contributed by atoms with E-state index >= 15 is 0 Å². The van der Waals surface area contributed by atoms with Gasteiger partial charge in [-0.25, -0.2) is 9.97 Å². The van der Waals surface area contributed by atoms with Crippen molar-refractivity contribution in [1.82, 2.24) is 14.9 Å². The van der Waals surface area contributed by atoms with Crippen molar-refractivity contribution in [3.8, 4) is 0 Å². The van der Waals surface area contributed by atoms with Crippen LogP contribution in [0.5, 0.6) is 0 Å². The monoisotopic (exact) mass is 319 g/mol. The van der Waals surface area contributed by atoms with Crippen LogP contribution >= 0.6 is 11.8 Å². The average Bonchev–Trinajstić information content (AvgIpc) is 2.76. The van der Waals surface area contributed by atoms with Crippen molar-refractivity contribution in [2.75, 3.05) is 25.0 Å². The second-order valence-corrected chi connectivity index (χ2v) is 6.34. The molecule has 0 radical (unpaired) electrons. The molecule has 2 saturated heterocycles. The number of rotatable bonds is 2. The van der Waals surface area contributed by atoms with E-state index in [1.165, 1.54) is 7.05 Å². The fourth-order valence-corrected chi connectivity index (χ4v) is 3.19. The lowest BCUT2D eigenvalue weighted by Crippen LogP contribution is -2.40. The maximum atomic E-state index is 11.9. The molecule has 7 nitrogen and oxygen atoms in total. The Morgan fingerprint density at radius 3 is 2.73 bits per heavy atom. The number of aromatic nitrogens is 2. The van der Waals surface area contributed by atoms with Gasteiger partial charge in [0.1, 0.15) is 0 Å². The van der Waals surface area contributed by atoms with Gasteiger partial charge < -0.3 is 10.6 Å². The van der Waals surface area contributed by atoms with Crippen LogP contribution in [0, 0.1) is 0 Å². The summed E-state index contributed by atoms with van der Waals surface area (Å²) < 4.78 is 0. The number of nitrogens with zero attached hydrogens (tertiary/aromatic N) is 4. The number of anilines is 1. The fourth-order valence-electron chi connectivity index (χ4n) is 2.37. The first-order valence-electron chi connectivity index (χ1n) is 7.10. The summed E-state index contributed by atoms with van der Waals surface area (Å²) in [4.78, 5) is 35.7. The van der Waals surface area contributed by atoms with E-state index in [0.717, 1.165) is 42.6 Å². The second kappa shape index (κ2) is 6.05. The van der Waals surface area contributed by atoms with Gasteiger partial charge >= 0.3 is 0 Å². The number of thioether (sulfide) groups is 1. The molecule has 0 aromatic carbocycles. The van der Waals surface area contributed by atoms with Gasteiger partial charge in [0.2, 0.25) is 5.95 Å². The summed E-state index contributed by atoms with van der Waals surface area (Å²) in [6.07, 6.45) is 5.14. The van der Waals surface area contributed by atoms with Crippen LogP contribution in [-0.2, 0) is 4.79 Å². The smallest absolute Gasteiger partial charge is 0.293 e. The van der Waals surface area contributed by atoms with Crippen LogP contribution in [-0.4, -0.2) is 52.2 Å². The zero-order chi connectivity index (χ0) is 15.7. The maximum Gasteiger partial charge on any atom is 0.293 e. The Morgan fingerprint density at radius 1 is 1.36 bits per heavy atom. The molecular formula is C14H17N5O2S. The van der Waals surface area contributed by atoms with Crippen LogP contribution in [0.1, 0.15) is 18.5 Å². The van der Waals surface area contributed by atoms with E-state index in [1.54, 1.807) is 18.3 Å². The highest BCUT2D eigenvalue weighted by atomic mass is 32.2. The van der Waals surface area contributed by atoms with Crippen molar-refractivity contribution < 1.29 is 9.59 Å². The highest BCUT2D eigenvalue weighted by Crippen LogP contribution is 2.30. The molecule has 3 rings (SSSR count). The van der Waals surface area contributed by atoms with Gasteiger partial charge in [-0.2, -0.15) is 0 Å². The van der Waals surface area contributed by atoms with Gasteiger partial charge in [-0.1, -0.05) is 0 Å². The van der Waals surface area contributed by atoms with Crippen LogP contribution in [0.25, 0.3) is 6.08 Å². The lowest BCUT2D eigenvalue weighted by molar-refractivity contribution is -0.121. The highest BCUT2D eigenvalue weighted by molar-refractivity contribution is 8.18. The molecular weight excluding hydrogens is 302 g/mol. The van der Waals surface area contributed by atoms with Crippen molar-refractivity contribution in [2.45, 2.75) is 18.9 Å². The van der Waals surface area contributed by atoms with Crippen molar-refractivity contribution in [3.05, 3.63) is 22.9 Å². The number of nitrogens with two attached hydrogens (primary N) is 1. The first-order chi connectivity index (χ1) is 10.5. The van der Waals surface area contributed by atoms with Crippen molar-refractivity contribution >= 4 is 34.9 Å². The molecule has 0 aliphatic carbocycles. The Balaban J connectivity index is 1.80. The molecule has 2 N–H and O–H groups in total. The topological polar surface area (TPSA) is 92.4 Å². The first-order valence-corrected chi connectivity index (χ1v) is 7.91. The maximum absolute atomic E-state index is 11.9. The van der Waals surface area contributed by atoms with Crippen molar-refractivity contribution in [2.24, 2.45) is 5.73 Å². The summed E-state index contributed by atoms with van der Waals surface area (Å²) in [6.45, 7) is 1.66. The lowest BCUT2D eigenvalue weighted by Gasteiger charge is -2.30. The third-order valence-electron chi connectivity index (χ3n) is 3.75. The van der Waals surface area contributed by atoms with E-state index in [4.69, 9.17) is 5.73 Å². The normalized spacial score (nSPS) is 22.0. The van der Waals surface area contributed by atoms with E-state index in [1.807, 2.05) is 0 Å². The zero-order valence-corrected chi connectivity index (χ0v) is 13.0. The molecule has 0 atom stereocenters. The van der Waals surface area contributed by atoms with Crippen LogP contribution in [0.3, 0.4) is 0 Å². The summed E-state index contributed by atoms with van der Waals surface area (Å²) in [5.41, 5.74) is 6.53. The van der Waals surface area contributed by atoms with Gasteiger partial charge in [0.25, 0.3) is 11.1 Å². The van der Waals surface area contributed by atoms with Crippen LogP contribution in [0.15, 0.2) is 17.2 Å². The molecule has 0 saturated carbocycles. The van der Waals surface area contributed by atoms with Gasteiger partial charge in [-0.3, -0.25) is 14.5 Å². The number of hydrogen-bond acceptors (Lipinski definition) is 7. The molecule has 8 heteroatoms. The zero-order valence-electron chi connectivity index (χ0n) is 12.2. The number of piperidine rings is 1. The summed E-state index contributed by atoms with van der Waals surface area (Å²) in [7, 11) is 1.47. The molecule has 0 bridgehead atoms. The van der Waals surface area contributed by atoms with Gasteiger partial charge in [0, 0.05) is 32.4 Å². The molecule has 3 heterocycles. The molecule has 2 aliphatic heterocycles. The third kappa shape index (κ3) is 2.97.